The molecule has 3 aromatic rings. The fourth-order valence-corrected chi connectivity index (χ4v) is 4.36. The number of hydrogen-bond acceptors (Lipinski definition) is 3. The molecule has 0 spiro atoms. The molecule has 0 aliphatic rings. The Labute approximate surface area is 164 Å². The lowest BCUT2D eigenvalue weighted by atomic mass is 10.1. The molecule has 144 valence electrons. The number of aromatic carboxylic acids is 1. The standard InChI is InChI=1S/C22H21NO4S/c1-17-6-5-9-19(14-17)16-23(15-18-7-3-2-4-8-18)28(26,27)21-12-10-20(11-13-21)22(24)25/h2-14H,15-16H2,1H3,(H,24,25). The predicted molar refractivity (Wildman–Crippen MR) is 107 cm³/mol. The Balaban J connectivity index is 1.97. The van der Waals surface area contributed by atoms with Crippen molar-refractivity contribution in [1.82, 2.24) is 4.31 Å². The maximum Gasteiger partial charge on any atom is 0.335 e. The van der Waals surface area contributed by atoms with E-state index in [0.717, 1.165) is 16.7 Å². The van der Waals surface area contributed by atoms with Crippen LogP contribution in [0, 0.1) is 6.92 Å². The molecule has 0 unspecified atom stereocenters. The molecule has 0 heterocycles. The van der Waals surface area contributed by atoms with E-state index in [1.165, 1.54) is 28.6 Å². The van der Waals surface area contributed by atoms with Crippen LogP contribution < -0.4 is 0 Å². The molecule has 0 bridgehead atoms. The minimum Gasteiger partial charge on any atom is -0.478 e. The van der Waals surface area contributed by atoms with Gasteiger partial charge < -0.3 is 5.11 Å². The number of carboxylic acid groups (broad SMARTS) is 1. The van der Waals surface area contributed by atoms with Gasteiger partial charge in [0.2, 0.25) is 10.0 Å². The van der Waals surface area contributed by atoms with Crippen molar-refractivity contribution in [2.45, 2.75) is 24.9 Å². The van der Waals surface area contributed by atoms with Gasteiger partial charge in [-0.15, -0.1) is 0 Å². The SMILES string of the molecule is Cc1cccc(CN(Cc2ccccc2)S(=O)(=O)c2ccc(C(=O)O)cc2)c1. The molecule has 1 N–H and O–H groups in total. The summed E-state index contributed by atoms with van der Waals surface area (Å²) in [5.74, 6) is -1.09. The van der Waals surface area contributed by atoms with Gasteiger partial charge in [0.15, 0.2) is 0 Å². The summed E-state index contributed by atoms with van der Waals surface area (Å²) in [6, 6.07) is 22.4. The second kappa shape index (κ2) is 8.37. The molecule has 0 amide bonds. The van der Waals surface area contributed by atoms with E-state index in [4.69, 9.17) is 5.11 Å². The summed E-state index contributed by atoms with van der Waals surface area (Å²) in [6.45, 7) is 2.40. The number of benzene rings is 3. The van der Waals surface area contributed by atoms with Gasteiger partial charge >= 0.3 is 5.97 Å². The first-order valence-corrected chi connectivity index (χ1v) is 10.2. The molecule has 3 aromatic carbocycles. The minimum atomic E-state index is -3.81. The van der Waals surface area contributed by atoms with Gasteiger partial charge in [0, 0.05) is 13.1 Å². The van der Waals surface area contributed by atoms with Crippen molar-refractivity contribution in [3.63, 3.8) is 0 Å². The van der Waals surface area contributed by atoms with Crippen LogP contribution in [0.4, 0.5) is 0 Å². The number of sulfonamides is 1. The van der Waals surface area contributed by atoms with Crippen molar-refractivity contribution in [2.75, 3.05) is 0 Å². The third-order valence-corrected chi connectivity index (χ3v) is 6.19. The Kier molecular flexibility index (Phi) is 5.92. The van der Waals surface area contributed by atoms with Crippen LogP contribution in [0.1, 0.15) is 27.0 Å². The van der Waals surface area contributed by atoms with Gasteiger partial charge in [-0.2, -0.15) is 4.31 Å². The zero-order chi connectivity index (χ0) is 20.1. The Morgan fingerprint density at radius 3 is 2.07 bits per heavy atom. The number of rotatable bonds is 7. The van der Waals surface area contributed by atoms with Crippen molar-refractivity contribution >= 4 is 16.0 Å². The fraction of sp³-hybridized carbons (Fsp3) is 0.136. The number of carbonyl (C=O) groups is 1. The van der Waals surface area contributed by atoms with Crippen molar-refractivity contribution in [2.24, 2.45) is 0 Å². The summed E-state index contributed by atoms with van der Waals surface area (Å²) >= 11 is 0. The van der Waals surface area contributed by atoms with Gasteiger partial charge in [-0.3, -0.25) is 0 Å². The molecule has 0 atom stereocenters. The molecule has 0 saturated heterocycles. The second-order valence-corrected chi connectivity index (χ2v) is 8.52. The Hall–Kier alpha value is -2.96. The molecular weight excluding hydrogens is 374 g/mol. The molecular formula is C22H21NO4S. The van der Waals surface area contributed by atoms with E-state index in [1.54, 1.807) is 0 Å². The van der Waals surface area contributed by atoms with Crippen LogP contribution in [0.25, 0.3) is 0 Å². The van der Waals surface area contributed by atoms with Crippen molar-refractivity contribution in [1.29, 1.82) is 0 Å². The van der Waals surface area contributed by atoms with E-state index in [-0.39, 0.29) is 23.5 Å². The van der Waals surface area contributed by atoms with Crippen molar-refractivity contribution in [3.8, 4) is 0 Å². The van der Waals surface area contributed by atoms with E-state index in [9.17, 15) is 13.2 Å². The largest absolute Gasteiger partial charge is 0.478 e. The maximum atomic E-state index is 13.3. The number of hydrogen-bond donors (Lipinski definition) is 1. The number of aryl methyl sites for hydroxylation is 1. The molecule has 6 heteroatoms. The van der Waals surface area contributed by atoms with Crippen LogP contribution in [0.2, 0.25) is 0 Å². The molecule has 0 radical (unpaired) electrons. The molecule has 0 aromatic heterocycles. The Bertz CT molecular complexity index is 1060. The quantitative estimate of drug-likeness (QED) is 0.654. The summed E-state index contributed by atoms with van der Waals surface area (Å²) < 4.78 is 28.0. The summed E-state index contributed by atoms with van der Waals surface area (Å²) in [5.41, 5.74) is 2.87. The lowest BCUT2D eigenvalue weighted by Gasteiger charge is -2.23. The first kappa shape index (κ1) is 19.8. The molecule has 0 aliphatic carbocycles. The highest BCUT2D eigenvalue weighted by molar-refractivity contribution is 7.89. The highest BCUT2D eigenvalue weighted by Gasteiger charge is 2.25. The zero-order valence-electron chi connectivity index (χ0n) is 15.4. The van der Waals surface area contributed by atoms with Crippen LogP contribution in [0.3, 0.4) is 0 Å². The van der Waals surface area contributed by atoms with E-state index >= 15 is 0 Å². The predicted octanol–water partition coefficient (Wildman–Crippen LogP) is 4.08. The van der Waals surface area contributed by atoms with Crippen LogP contribution in [-0.2, 0) is 23.1 Å². The summed E-state index contributed by atoms with van der Waals surface area (Å²) in [4.78, 5) is 11.1. The first-order valence-electron chi connectivity index (χ1n) is 8.79. The summed E-state index contributed by atoms with van der Waals surface area (Å²) in [6.07, 6.45) is 0. The van der Waals surface area contributed by atoms with Crippen molar-refractivity contribution in [3.05, 3.63) is 101 Å². The van der Waals surface area contributed by atoms with Gasteiger partial charge in [0.1, 0.15) is 0 Å². The van der Waals surface area contributed by atoms with Crippen molar-refractivity contribution < 1.29 is 18.3 Å². The normalized spacial score (nSPS) is 11.5. The van der Waals surface area contributed by atoms with Crippen LogP contribution in [0.15, 0.2) is 83.8 Å². The molecule has 28 heavy (non-hydrogen) atoms. The van der Waals surface area contributed by atoms with Gasteiger partial charge in [-0.05, 0) is 42.3 Å². The maximum absolute atomic E-state index is 13.3. The molecule has 5 nitrogen and oxygen atoms in total. The average Bonchev–Trinajstić information content (AvgIpc) is 2.68. The van der Waals surface area contributed by atoms with Gasteiger partial charge in [-0.25, -0.2) is 13.2 Å². The molecule has 0 saturated carbocycles. The first-order chi connectivity index (χ1) is 13.4. The highest BCUT2D eigenvalue weighted by atomic mass is 32.2. The topological polar surface area (TPSA) is 74.7 Å². The fourth-order valence-electron chi connectivity index (χ4n) is 2.95. The molecule has 3 rings (SSSR count). The third-order valence-electron chi connectivity index (χ3n) is 4.38. The van der Waals surface area contributed by atoms with Gasteiger partial charge in [0.25, 0.3) is 0 Å². The van der Waals surface area contributed by atoms with E-state index < -0.39 is 16.0 Å². The third kappa shape index (κ3) is 4.65. The van der Waals surface area contributed by atoms with Crippen LogP contribution in [-0.4, -0.2) is 23.8 Å². The monoisotopic (exact) mass is 395 g/mol. The lowest BCUT2D eigenvalue weighted by Crippen LogP contribution is -2.30. The number of carboxylic acids is 1. The summed E-state index contributed by atoms with van der Waals surface area (Å²) in [7, 11) is -3.81. The van der Waals surface area contributed by atoms with E-state index in [1.807, 2.05) is 61.5 Å². The van der Waals surface area contributed by atoms with E-state index in [2.05, 4.69) is 0 Å². The zero-order valence-corrected chi connectivity index (χ0v) is 16.3. The smallest absolute Gasteiger partial charge is 0.335 e. The molecule has 0 aliphatic heterocycles. The van der Waals surface area contributed by atoms with Gasteiger partial charge in [0.05, 0.1) is 10.5 Å². The van der Waals surface area contributed by atoms with Gasteiger partial charge in [-0.1, -0.05) is 60.2 Å². The Morgan fingerprint density at radius 1 is 0.857 bits per heavy atom. The Morgan fingerprint density at radius 2 is 1.46 bits per heavy atom. The summed E-state index contributed by atoms with van der Waals surface area (Å²) in [5, 5.41) is 9.04. The highest BCUT2D eigenvalue weighted by Crippen LogP contribution is 2.22. The van der Waals surface area contributed by atoms with E-state index in [0.29, 0.717) is 0 Å². The minimum absolute atomic E-state index is 0.0484. The van der Waals surface area contributed by atoms with Crippen LogP contribution >= 0.6 is 0 Å². The number of nitrogens with zero attached hydrogens (tertiary/aromatic N) is 1. The van der Waals surface area contributed by atoms with Crippen LogP contribution in [0.5, 0.6) is 0 Å². The second-order valence-electron chi connectivity index (χ2n) is 6.58. The molecule has 0 fully saturated rings. The average molecular weight is 395 g/mol. The lowest BCUT2D eigenvalue weighted by molar-refractivity contribution is 0.0696.